The molecule has 0 radical (unpaired) electrons. The molecule has 1 saturated carbocycles. The van der Waals surface area contributed by atoms with Gasteiger partial charge in [-0.05, 0) is 43.4 Å². The summed E-state index contributed by atoms with van der Waals surface area (Å²) in [5.41, 5.74) is 0.701. The topological polar surface area (TPSA) is 57.6 Å². The molecule has 0 heterocycles. The van der Waals surface area contributed by atoms with Gasteiger partial charge < -0.3 is 5.11 Å². The van der Waals surface area contributed by atoms with E-state index in [4.69, 9.17) is 0 Å². The van der Waals surface area contributed by atoms with Gasteiger partial charge in [-0.3, -0.25) is 0 Å². The van der Waals surface area contributed by atoms with E-state index in [2.05, 4.69) is 0 Å². The van der Waals surface area contributed by atoms with Crippen molar-refractivity contribution in [1.29, 1.82) is 0 Å². The van der Waals surface area contributed by atoms with E-state index >= 15 is 0 Å². The summed E-state index contributed by atoms with van der Waals surface area (Å²) in [6, 6.07) is 4.05. The molecule has 0 bridgehead atoms. The van der Waals surface area contributed by atoms with Crippen LogP contribution in [0.1, 0.15) is 18.4 Å². The molecule has 1 aromatic rings. The number of hydrogen-bond donors (Lipinski definition) is 1. The van der Waals surface area contributed by atoms with Crippen molar-refractivity contribution in [1.82, 2.24) is 4.31 Å². The fourth-order valence-electron chi connectivity index (χ4n) is 2.29. The second-order valence-electron chi connectivity index (χ2n) is 5.21. The molecule has 4 nitrogen and oxygen atoms in total. The van der Waals surface area contributed by atoms with Gasteiger partial charge in [-0.2, -0.15) is 0 Å². The van der Waals surface area contributed by atoms with Crippen LogP contribution in [0.5, 0.6) is 0 Å². The Morgan fingerprint density at radius 1 is 1.42 bits per heavy atom. The number of halogens is 1. The Morgan fingerprint density at radius 3 is 2.63 bits per heavy atom. The lowest BCUT2D eigenvalue weighted by molar-refractivity contribution is 0.0367. The molecule has 0 amide bonds. The van der Waals surface area contributed by atoms with E-state index < -0.39 is 15.8 Å². The molecular formula is C13H18FNO3S. The average molecular weight is 287 g/mol. The predicted octanol–water partition coefficient (Wildman–Crippen LogP) is 1.53. The maximum Gasteiger partial charge on any atom is 0.245 e. The van der Waals surface area contributed by atoms with Crippen LogP contribution in [0.25, 0.3) is 0 Å². The standard InChI is InChI=1S/C13H18FNO3S/c1-9-3-4-12(14)13(5-9)19(17,18)15(2)8-10-6-11(16)7-10/h3-5,10-11,16H,6-8H2,1-2H3. The highest BCUT2D eigenvalue weighted by Crippen LogP contribution is 2.29. The Hall–Kier alpha value is -0.980. The van der Waals surface area contributed by atoms with E-state index in [1.165, 1.54) is 29.6 Å². The quantitative estimate of drug-likeness (QED) is 0.913. The van der Waals surface area contributed by atoms with Crippen LogP contribution < -0.4 is 0 Å². The monoisotopic (exact) mass is 287 g/mol. The third-order valence-corrected chi connectivity index (χ3v) is 5.34. The zero-order chi connectivity index (χ0) is 14.2. The largest absolute Gasteiger partial charge is 0.393 e. The summed E-state index contributed by atoms with van der Waals surface area (Å²) in [7, 11) is -2.36. The minimum atomic E-state index is -3.80. The van der Waals surface area contributed by atoms with E-state index in [0.717, 1.165) is 0 Å². The lowest BCUT2D eigenvalue weighted by Gasteiger charge is -2.34. The zero-order valence-corrected chi connectivity index (χ0v) is 11.8. The summed E-state index contributed by atoms with van der Waals surface area (Å²) in [6.45, 7) is 2.04. The van der Waals surface area contributed by atoms with E-state index in [9.17, 15) is 17.9 Å². The minimum Gasteiger partial charge on any atom is -0.393 e. The lowest BCUT2D eigenvalue weighted by atomic mass is 9.82. The van der Waals surface area contributed by atoms with Crippen molar-refractivity contribution in [2.45, 2.75) is 30.8 Å². The van der Waals surface area contributed by atoms with Gasteiger partial charge in [-0.1, -0.05) is 6.07 Å². The molecule has 1 aliphatic rings. The highest BCUT2D eigenvalue weighted by Gasteiger charge is 2.32. The molecule has 106 valence electrons. The summed E-state index contributed by atoms with van der Waals surface area (Å²) in [6.07, 6.45) is 0.892. The van der Waals surface area contributed by atoms with Crippen LogP contribution in [0.4, 0.5) is 4.39 Å². The first-order valence-corrected chi connectivity index (χ1v) is 7.65. The fraction of sp³-hybridized carbons (Fsp3) is 0.538. The van der Waals surface area contributed by atoms with Gasteiger partial charge in [0.25, 0.3) is 0 Å². The van der Waals surface area contributed by atoms with Gasteiger partial charge in [-0.15, -0.1) is 0 Å². The minimum absolute atomic E-state index is 0.155. The van der Waals surface area contributed by atoms with Crippen LogP contribution in [-0.4, -0.2) is 37.5 Å². The SMILES string of the molecule is Cc1ccc(F)c(S(=O)(=O)N(C)CC2CC(O)C2)c1. The van der Waals surface area contributed by atoms with Gasteiger partial charge in [0.1, 0.15) is 10.7 Å². The zero-order valence-electron chi connectivity index (χ0n) is 11.0. The van der Waals surface area contributed by atoms with E-state index in [1.54, 1.807) is 6.92 Å². The highest BCUT2D eigenvalue weighted by molar-refractivity contribution is 7.89. The van der Waals surface area contributed by atoms with E-state index in [1.807, 2.05) is 0 Å². The number of rotatable bonds is 4. The summed E-state index contributed by atoms with van der Waals surface area (Å²) in [5, 5.41) is 9.20. The molecule has 0 saturated heterocycles. The third kappa shape index (κ3) is 2.96. The van der Waals surface area contributed by atoms with Crippen molar-refractivity contribution < 1.29 is 17.9 Å². The number of sulfonamides is 1. The normalized spacial score (nSPS) is 23.4. The summed E-state index contributed by atoms with van der Waals surface area (Å²) >= 11 is 0. The predicted molar refractivity (Wildman–Crippen MR) is 69.7 cm³/mol. The molecule has 19 heavy (non-hydrogen) atoms. The molecule has 0 spiro atoms. The Balaban J connectivity index is 2.19. The van der Waals surface area contributed by atoms with Gasteiger partial charge >= 0.3 is 0 Å². The average Bonchev–Trinajstić information content (AvgIpc) is 2.30. The van der Waals surface area contributed by atoms with Gasteiger partial charge in [0.2, 0.25) is 10.0 Å². The summed E-state index contributed by atoms with van der Waals surface area (Å²) < 4.78 is 39.4. The van der Waals surface area contributed by atoms with Gasteiger partial charge in [0, 0.05) is 13.6 Å². The number of aryl methyl sites for hydroxylation is 1. The molecule has 0 unspecified atom stereocenters. The van der Waals surface area contributed by atoms with Crippen molar-refractivity contribution in [3.8, 4) is 0 Å². The van der Waals surface area contributed by atoms with Crippen LogP contribution in [0.3, 0.4) is 0 Å². The van der Waals surface area contributed by atoms with E-state index in [-0.39, 0.29) is 16.9 Å². The van der Waals surface area contributed by atoms with Gasteiger partial charge in [-0.25, -0.2) is 17.1 Å². The van der Waals surface area contributed by atoms with Crippen molar-refractivity contribution in [2.75, 3.05) is 13.6 Å². The number of benzene rings is 1. The maximum atomic E-state index is 13.7. The number of aliphatic hydroxyl groups excluding tert-OH is 1. The molecule has 1 aromatic carbocycles. The first-order valence-electron chi connectivity index (χ1n) is 6.21. The first kappa shape index (κ1) is 14.4. The summed E-state index contributed by atoms with van der Waals surface area (Å²) in [5.74, 6) is -0.575. The number of aliphatic hydroxyl groups is 1. The molecule has 2 rings (SSSR count). The second kappa shape index (κ2) is 5.19. The summed E-state index contributed by atoms with van der Waals surface area (Å²) in [4.78, 5) is -0.283. The Labute approximate surface area is 112 Å². The second-order valence-corrected chi connectivity index (χ2v) is 7.22. The smallest absolute Gasteiger partial charge is 0.245 e. The van der Waals surface area contributed by atoms with Crippen molar-refractivity contribution in [2.24, 2.45) is 5.92 Å². The van der Waals surface area contributed by atoms with Gasteiger partial charge in [0.15, 0.2) is 0 Å². The fourth-order valence-corrected chi connectivity index (χ4v) is 3.68. The van der Waals surface area contributed by atoms with Crippen LogP contribution in [0.15, 0.2) is 23.1 Å². The molecular weight excluding hydrogens is 269 g/mol. The molecule has 0 aliphatic heterocycles. The highest BCUT2D eigenvalue weighted by atomic mass is 32.2. The Kier molecular flexibility index (Phi) is 3.94. The van der Waals surface area contributed by atoms with Crippen LogP contribution >= 0.6 is 0 Å². The Morgan fingerprint density at radius 2 is 2.05 bits per heavy atom. The molecule has 6 heteroatoms. The van der Waals surface area contributed by atoms with Crippen LogP contribution in [0.2, 0.25) is 0 Å². The molecule has 1 aliphatic carbocycles. The molecule has 1 N–H and O–H groups in total. The first-order chi connectivity index (χ1) is 8.80. The Bertz CT molecular complexity index is 567. The maximum absolute atomic E-state index is 13.7. The molecule has 0 aromatic heterocycles. The molecule has 1 fully saturated rings. The lowest BCUT2D eigenvalue weighted by Crippen LogP contribution is -2.39. The third-order valence-electron chi connectivity index (χ3n) is 3.50. The van der Waals surface area contributed by atoms with Crippen LogP contribution in [-0.2, 0) is 10.0 Å². The van der Waals surface area contributed by atoms with Crippen molar-refractivity contribution in [3.63, 3.8) is 0 Å². The van der Waals surface area contributed by atoms with Gasteiger partial charge in [0.05, 0.1) is 6.10 Å². The van der Waals surface area contributed by atoms with Crippen molar-refractivity contribution in [3.05, 3.63) is 29.6 Å². The number of nitrogens with zero attached hydrogens (tertiary/aromatic N) is 1. The number of hydrogen-bond acceptors (Lipinski definition) is 3. The molecule has 0 atom stereocenters. The van der Waals surface area contributed by atoms with Crippen molar-refractivity contribution >= 4 is 10.0 Å². The van der Waals surface area contributed by atoms with Crippen LogP contribution in [0, 0.1) is 18.7 Å². The van der Waals surface area contributed by atoms with E-state index in [0.29, 0.717) is 24.9 Å².